The molecule has 0 saturated heterocycles. The number of thiazole rings is 1. The van der Waals surface area contributed by atoms with Gasteiger partial charge in [0.1, 0.15) is 22.4 Å². The number of ether oxygens (including phenoxy) is 1. The second kappa shape index (κ2) is 9.59. The summed E-state index contributed by atoms with van der Waals surface area (Å²) in [5.41, 5.74) is 3.16. The number of rotatable bonds is 8. The van der Waals surface area contributed by atoms with Crippen molar-refractivity contribution in [2.45, 2.75) is 38.5 Å². The summed E-state index contributed by atoms with van der Waals surface area (Å²) >= 11 is 1.52. The van der Waals surface area contributed by atoms with Crippen molar-refractivity contribution >= 4 is 33.3 Å². The SMILES string of the molecule is COCCNc1nc(C)c(-c2nc3cnc(C)cc3s2)c(N[C@@H]2C[C@H](CO)[C@@H](O)[C@H]2O)n1. The highest BCUT2D eigenvalue weighted by Crippen LogP contribution is 2.38. The molecule has 3 aromatic heterocycles. The summed E-state index contributed by atoms with van der Waals surface area (Å²) in [6.07, 6.45) is 0.135. The molecule has 5 N–H and O–H groups in total. The zero-order valence-corrected chi connectivity index (χ0v) is 19.1. The van der Waals surface area contributed by atoms with Crippen LogP contribution in [-0.2, 0) is 4.74 Å². The van der Waals surface area contributed by atoms with Crippen LogP contribution in [0.4, 0.5) is 11.8 Å². The van der Waals surface area contributed by atoms with Crippen molar-refractivity contribution < 1.29 is 20.1 Å². The van der Waals surface area contributed by atoms with Gasteiger partial charge < -0.3 is 30.7 Å². The van der Waals surface area contributed by atoms with Crippen LogP contribution >= 0.6 is 11.3 Å². The number of anilines is 2. The first-order valence-electron chi connectivity index (χ1n) is 10.5. The molecule has 0 spiro atoms. The van der Waals surface area contributed by atoms with Crippen LogP contribution in [-0.4, -0.2) is 80.4 Å². The summed E-state index contributed by atoms with van der Waals surface area (Å²) in [6, 6.07) is 1.52. The Morgan fingerprint density at radius 1 is 1.19 bits per heavy atom. The van der Waals surface area contributed by atoms with Gasteiger partial charge in [0.25, 0.3) is 0 Å². The first-order chi connectivity index (χ1) is 15.4. The third-order valence-electron chi connectivity index (χ3n) is 5.66. The fraction of sp³-hybridized carbons (Fsp3) is 0.524. The average Bonchev–Trinajstić information content (AvgIpc) is 3.29. The minimum Gasteiger partial charge on any atom is -0.396 e. The van der Waals surface area contributed by atoms with Gasteiger partial charge in [-0.2, -0.15) is 4.98 Å². The van der Waals surface area contributed by atoms with Gasteiger partial charge in [0.2, 0.25) is 5.95 Å². The van der Waals surface area contributed by atoms with E-state index in [0.29, 0.717) is 31.3 Å². The van der Waals surface area contributed by atoms with Crippen LogP contribution in [0, 0.1) is 19.8 Å². The van der Waals surface area contributed by atoms with Crippen LogP contribution in [0.15, 0.2) is 12.3 Å². The maximum Gasteiger partial charge on any atom is 0.224 e. The van der Waals surface area contributed by atoms with Crippen molar-refractivity contribution in [3.8, 4) is 10.6 Å². The fourth-order valence-electron chi connectivity index (χ4n) is 3.94. The summed E-state index contributed by atoms with van der Waals surface area (Å²) in [5.74, 6) is 0.539. The molecule has 0 unspecified atom stereocenters. The van der Waals surface area contributed by atoms with Crippen LogP contribution in [0.3, 0.4) is 0 Å². The molecule has 32 heavy (non-hydrogen) atoms. The van der Waals surface area contributed by atoms with Crippen molar-refractivity contribution in [2.24, 2.45) is 5.92 Å². The van der Waals surface area contributed by atoms with E-state index in [-0.39, 0.29) is 6.61 Å². The van der Waals surface area contributed by atoms with Gasteiger partial charge in [-0.25, -0.2) is 9.97 Å². The second-order valence-electron chi connectivity index (χ2n) is 8.00. The van der Waals surface area contributed by atoms with E-state index in [1.807, 2.05) is 19.9 Å². The molecule has 10 nitrogen and oxygen atoms in total. The minimum atomic E-state index is -1.03. The van der Waals surface area contributed by atoms with Crippen LogP contribution in [0.1, 0.15) is 17.8 Å². The highest BCUT2D eigenvalue weighted by atomic mass is 32.1. The lowest BCUT2D eigenvalue weighted by Gasteiger charge is -2.21. The van der Waals surface area contributed by atoms with Gasteiger partial charge in [-0.15, -0.1) is 11.3 Å². The van der Waals surface area contributed by atoms with E-state index >= 15 is 0 Å². The largest absolute Gasteiger partial charge is 0.396 e. The molecule has 4 rings (SSSR count). The topological polar surface area (TPSA) is 146 Å². The molecule has 0 radical (unpaired) electrons. The summed E-state index contributed by atoms with van der Waals surface area (Å²) in [7, 11) is 1.62. The van der Waals surface area contributed by atoms with Crippen molar-refractivity contribution in [1.29, 1.82) is 0 Å². The minimum absolute atomic E-state index is 0.194. The lowest BCUT2D eigenvalue weighted by atomic mass is 10.1. The summed E-state index contributed by atoms with van der Waals surface area (Å²) in [4.78, 5) is 18.3. The molecule has 0 bridgehead atoms. The fourth-order valence-corrected chi connectivity index (χ4v) is 5.07. The Bertz CT molecular complexity index is 1090. The lowest BCUT2D eigenvalue weighted by molar-refractivity contribution is 0.00446. The van der Waals surface area contributed by atoms with E-state index in [9.17, 15) is 15.3 Å². The second-order valence-corrected chi connectivity index (χ2v) is 9.03. The zero-order chi connectivity index (χ0) is 22.8. The maximum atomic E-state index is 10.5. The molecule has 1 aliphatic rings. The van der Waals surface area contributed by atoms with Crippen molar-refractivity contribution in [3.05, 3.63) is 23.7 Å². The predicted octanol–water partition coefficient (Wildman–Crippen LogP) is 1.34. The van der Waals surface area contributed by atoms with E-state index in [0.717, 1.165) is 32.2 Å². The summed E-state index contributed by atoms with van der Waals surface area (Å²) in [5, 5.41) is 37.4. The number of hydrogen-bond acceptors (Lipinski definition) is 11. The number of aryl methyl sites for hydroxylation is 2. The molecule has 4 atom stereocenters. The quantitative estimate of drug-likeness (QED) is 0.312. The third-order valence-corrected chi connectivity index (χ3v) is 6.70. The van der Waals surface area contributed by atoms with Gasteiger partial charge in [-0.1, -0.05) is 0 Å². The van der Waals surface area contributed by atoms with E-state index in [1.54, 1.807) is 13.3 Å². The Morgan fingerprint density at radius 3 is 2.72 bits per heavy atom. The number of aliphatic hydroxyl groups is 3. The Labute approximate surface area is 189 Å². The Hall–Kier alpha value is -2.44. The first-order valence-corrected chi connectivity index (χ1v) is 11.3. The average molecular weight is 461 g/mol. The Kier molecular flexibility index (Phi) is 6.82. The van der Waals surface area contributed by atoms with Crippen LogP contribution < -0.4 is 10.6 Å². The zero-order valence-electron chi connectivity index (χ0n) is 18.2. The molecule has 3 aromatic rings. The van der Waals surface area contributed by atoms with E-state index in [2.05, 4.69) is 25.6 Å². The van der Waals surface area contributed by atoms with Crippen molar-refractivity contribution in [1.82, 2.24) is 19.9 Å². The van der Waals surface area contributed by atoms with Crippen LogP contribution in [0.25, 0.3) is 20.8 Å². The van der Waals surface area contributed by atoms with E-state index in [1.165, 1.54) is 11.3 Å². The Morgan fingerprint density at radius 2 is 2.00 bits per heavy atom. The summed E-state index contributed by atoms with van der Waals surface area (Å²) < 4.78 is 6.10. The maximum absolute atomic E-state index is 10.5. The number of nitrogens with one attached hydrogen (secondary N) is 2. The number of fused-ring (bicyclic) bond motifs is 1. The summed E-state index contributed by atoms with van der Waals surface area (Å²) in [6.45, 7) is 4.67. The van der Waals surface area contributed by atoms with Gasteiger partial charge >= 0.3 is 0 Å². The molecule has 1 aliphatic carbocycles. The van der Waals surface area contributed by atoms with E-state index in [4.69, 9.17) is 9.72 Å². The van der Waals surface area contributed by atoms with Gasteiger partial charge in [-0.3, -0.25) is 4.98 Å². The number of methoxy groups -OCH3 is 1. The molecular formula is C21H28N6O4S. The standard InChI is InChI=1S/C21H28N6O4S/c1-10-6-15-14(8-23-10)26-20(32-15)16-11(2)24-21(22-4-5-31-3)27-19(16)25-13-7-12(9-28)17(29)18(13)30/h6,8,12-13,17-18,28-30H,4-5,7,9H2,1-3H3,(H2,22,24,25,27)/t12-,13-,17-,18+/m1/s1. The van der Waals surface area contributed by atoms with Gasteiger partial charge in [-0.05, 0) is 26.3 Å². The molecule has 172 valence electrons. The van der Waals surface area contributed by atoms with E-state index < -0.39 is 24.2 Å². The molecule has 0 amide bonds. The number of aromatic nitrogens is 4. The highest BCUT2D eigenvalue weighted by Gasteiger charge is 2.41. The predicted molar refractivity (Wildman–Crippen MR) is 123 cm³/mol. The van der Waals surface area contributed by atoms with Crippen LogP contribution in [0.5, 0.6) is 0 Å². The number of nitrogens with zero attached hydrogens (tertiary/aromatic N) is 4. The molecule has 1 saturated carbocycles. The van der Waals surface area contributed by atoms with Crippen molar-refractivity contribution in [3.63, 3.8) is 0 Å². The smallest absolute Gasteiger partial charge is 0.224 e. The molecule has 1 fully saturated rings. The lowest BCUT2D eigenvalue weighted by Crippen LogP contribution is -2.35. The Balaban J connectivity index is 1.74. The molecule has 11 heteroatoms. The first kappa shape index (κ1) is 22.7. The van der Waals surface area contributed by atoms with Crippen molar-refractivity contribution in [2.75, 3.05) is 37.5 Å². The highest BCUT2D eigenvalue weighted by molar-refractivity contribution is 7.21. The number of pyridine rings is 1. The van der Waals surface area contributed by atoms with Gasteiger partial charge in [0.15, 0.2) is 0 Å². The molecule has 0 aliphatic heterocycles. The van der Waals surface area contributed by atoms with Gasteiger partial charge in [0, 0.05) is 31.9 Å². The third kappa shape index (κ3) is 4.52. The number of hydrogen-bond donors (Lipinski definition) is 5. The van der Waals surface area contributed by atoms with Gasteiger partial charge in [0.05, 0.1) is 40.9 Å². The van der Waals surface area contributed by atoms with Crippen LogP contribution in [0.2, 0.25) is 0 Å². The molecule has 3 heterocycles. The molecular weight excluding hydrogens is 432 g/mol. The molecule has 0 aromatic carbocycles. The number of aliphatic hydroxyl groups excluding tert-OH is 3. The normalized spacial score (nSPS) is 23.1. The monoisotopic (exact) mass is 460 g/mol.